The minimum absolute atomic E-state index is 0.512. The largest absolute Gasteiger partial charge is 0.387 e. The molecule has 1 atom stereocenters. The molecule has 0 amide bonds. The molecule has 0 spiro atoms. The first kappa shape index (κ1) is 23.8. The van der Waals surface area contributed by atoms with E-state index in [9.17, 15) is 5.11 Å². The van der Waals surface area contributed by atoms with Crippen LogP contribution in [0, 0.1) is 0 Å². The van der Waals surface area contributed by atoms with Crippen LogP contribution in [-0.2, 0) is 13.0 Å². The Balaban J connectivity index is 1.38. The summed E-state index contributed by atoms with van der Waals surface area (Å²) >= 11 is 0. The van der Waals surface area contributed by atoms with E-state index in [4.69, 9.17) is 15.0 Å². The van der Waals surface area contributed by atoms with Crippen LogP contribution in [0.2, 0.25) is 0 Å². The normalized spacial score (nSPS) is 17.6. The summed E-state index contributed by atoms with van der Waals surface area (Å²) in [5.74, 6) is 2.11. The van der Waals surface area contributed by atoms with Crippen molar-refractivity contribution in [2.45, 2.75) is 45.3 Å². The average Bonchev–Trinajstić information content (AvgIpc) is 2.87. The zero-order chi connectivity index (χ0) is 24.4. The lowest BCUT2D eigenvalue weighted by atomic mass is 10.1. The van der Waals surface area contributed by atoms with E-state index in [0.717, 1.165) is 86.8 Å². The molecular weight excluding hydrogens is 440 g/mol. The second-order valence-corrected chi connectivity index (χ2v) is 9.98. The molecule has 0 aromatic carbocycles. The molecule has 2 N–H and O–H groups in total. The molecule has 2 aliphatic rings. The van der Waals surface area contributed by atoms with Crippen LogP contribution in [-0.4, -0.2) is 81.7 Å². The molecule has 9 heteroatoms. The van der Waals surface area contributed by atoms with Crippen LogP contribution in [0.3, 0.4) is 0 Å². The van der Waals surface area contributed by atoms with Gasteiger partial charge in [0, 0.05) is 63.0 Å². The Morgan fingerprint density at radius 3 is 2.69 bits per heavy atom. The first-order valence-corrected chi connectivity index (χ1v) is 12.7. The van der Waals surface area contributed by atoms with Gasteiger partial charge in [-0.25, -0.2) is 19.9 Å². The second kappa shape index (κ2) is 10.4. The van der Waals surface area contributed by atoms with Gasteiger partial charge in [0.2, 0.25) is 5.95 Å². The lowest BCUT2D eigenvalue weighted by Crippen LogP contribution is -2.36. The molecule has 2 aliphatic heterocycles. The molecule has 0 aliphatic carbocycles. The van der Waals surface area contributed by atoms with Gasteiger partial charge in [0.15, 0.2) is 5.82 Å². The molecule has 0 bridgehead atoms. The zero-order valence-corrected chi connectivity index (χ0v) is 21.0. The van der Waals surface area contributed by atoms with Crippen LogP contribution in [0.1, 0.15) is 49.2 Å². The highest BCUT2D eigenvalue weighted by Crippen LogP contribution is 2.29. The van der Waals surface area contributed by atoms with Gasteiger partial charge < -0.3 is 20.2 Å². The van der Waals surface area contributed by atoms with Crippen molar-refractivity contribution in [2.24, 2.45) is 0 Å². The third-order valence-corrected chi connectivity index (χ3v) is 6.88. The van der Waals surface area contributed by atoms with Crippen LogP contribution in [0.25, 0.3) is 10.9 Å². The molecule has 3 aromatic rings. The maximum atomic E-state index is 10.2. The predicted octanol–water partition coefficient (Wildman–Crippen LogP) is 3.13. The van der Waals surface area contributed by atoms with Gasteiger partial charge >= 0.3 is 0 Å². The number of aliphatic hydroxyl groups is 1. The van der Waals surface area contributed by atoms with Crippen LogP contribution >= 0.6 is 0 Å². The molecule has 5 rings (SSSR count). The first-order chi connectivity index (χ1) is 17.0. The van der Waals surface area contributed by atoms with Gasteiger partial charge in [-0.05, 0) is 58.0 Å². The van der Waals surface area contributed by atoms with Gasteiger partial charge in [-0.3, -0.25) is 4.90 Å². The number of aliphatic hydroxyl groups excluding tert-OH is 1. The molecule has 1 fully saturated rings. The van der Waals surface area contributed by atoms with Crippen LogP contribution in [0.4, 0.5) is 17.6 Å². The topological polar surface area (TPSA) is 93.5 Å². The maximum absolute atomic E-state index is 10.2. The maximum Gasteiger partial charge on any atom is 0.229 e. The molecule has 0 radical (unpaired) electrons. The van der Waals surface area contributed by atoms with Gasteiger partial charge in [-0.2, -0.15) is 0 Å². The quantitative estimate of drug-likeness (QED) is 0.533. The highest BCUT2D eigenvalue weighted by molar-refractivity contribution is 5.89. The summed E-state index contributed by atoms with van der Waals surface area (Å²) in [5, 5.41) is 14.4. The number of fused-ring (bicyclic) bond motifs is 2. The van der Waals surface area contributed by atoms with E-state index in [-0.39, 0.29) is 0 Å². The summed E-state index contributed by atoms with van der Waals surface area (Å²) in [6.07, 6.45) is 5.64. The monoisotopic (exact) mass is 476 g/mol. The molecule has 0 saturated carbocycles. The number of rotatable bonds is 7. The summed E-state index contributed by atoms with van der Waals surface area (Å²) < 4.78 is 0. The van der Waals surface area contributed by atoms with Crippen molar-refractivity contribution in [3.8, 4) is 0 Å². The Morgan fingerprint density at radius 2 is 1.91 bits per heavy atom. The van der Waals surface area contributed by atoms with Gasteiger partial charge in [0.1, 0.15) is 11.3 Å². The van der Waals surface area contributed by atoms with E-state index in [1.807, 2.05) is 18.3 Å². The minimum atomic E-state index is -0.640. The Kier molecular flexibility index (Phi) is 7.08. The van der Waals surface area contributed by atoms with Crippen LogP contribution in [0.5, 0.6) is 0 Å². The van der Waals surface area contributed by atoms with Crippen LogP contribution < -0.4 is 10.2 Å². The number of likely N-dealkylation sites (N-methyl/N-ethyl adjacent to an activating group) is 1. The van der Waals surface area contributed by atoms with Crippen molar-refractivity contribution in [2.75, 3.05) is 57.0 Å². The number of hydrogen-bond acceptors (Lipinski definition) is 9. The molecule has 9 nitrogen and oxygen atoms in total. The fourth-order valence-corrected chi connectivity index (χ4v) is 4.83. The fourth-order valence-electron chi connectivity index (χ4n) is 4.83. The molecule has 35 heavy (non-hydrogen) atoms. The van der Waals surface area contributed by atoms with Gasteiger partial charge in [0.25, 0.3) is 0 Å². The fraction of sp³-hybridized carbons (Fsp3) is 0.538. The number of nitrogens with one attached hydrogen (secondary N) is 1. The van der Waals surface area contributed by atoms with E-state index in [1.54, 1.807) is 6.92 Å². The molecule has 186 valence electrons. The zero-order valence-electron chi connectivity index (χ0n) is 21.0. The highest BCUT2D eigenvalue weighted by Gasteiger charge is 2.20. The van der Waals surface area contributed by atoms with Gasteiger partial charge in [0.05, 0.1) is 11.8 Å². The third kappa shape index (κ3) is 5.52. The van der Waals surface area contributed by atoms with Crippen molar-refractivity contribution in [3.05, 3.63) is 41.3 Å². The van der Waals surface area contributed by atoms with E-state index in [1.165, 1.54) is 12.0 Å². The number of anilines is 3. The standard InChI is InChI=1S/C26H36N8O/c1-18(35)22-15-20-16-27-26(31-24(20)25(29-22)34-10-5-4-6-11-34)30-23-8-7-19-17-33(14-13-32(2)3)12-9-21(19)28-23/h7-8,15-16,18,35H,4-6,9-14,17H2,1-3H3,(H,27,28,30,31). The Hall–Kier alpha value is -2.88. The van der Waals surface area contributed by atoms with Crippen molar-refractivity contribution in [3.63, 3.8) is 0 Å². The van der Waals surface area contributed by atoms with Gasteiger partial charge in [-0.1, -0.05) is 6.07 Å². The lowest BCUT2D eigenvalue weighted by molar-refractivity contribution is 0.194. The average molecular weight is 477 g/mol. The number of hydrogen-bond donors (Lipinski definition) is 2. The summed E-state index contributed by atoms with van der Waals surface area (Å²) in [5.41, 5.74) is 3.90. The van der Waals surface area contributed by atoms with E-state index in [0.29, 0.717) is 11.6 Å². The summed E-state index contributed by atoms with van der Waals surface area (Å²) in [6, 6.07) is 6.07. The number of nitrogens with zero attached hydrogens (tertiary/aromatic N) is 7. The van der Waals surface area contributed by atoms with Gasteiger partial charge in [-0.15, -0.1) is 0 Å². The number of piperidine rings is 1. The second-order valence-electron chi connectivity index (χ2n) is 9.98. The SMILES string of the molecule is CC(O)c1cc2cnc(Nc3ccc4c(n3)CCN(CCN(C)C)C4)nc2c(N2CCCCC2)n1. The van der Waals surface area contributed by atoms with Crippen molar-refractivity contribution >= 4 is 28.5 Å². The molecule has 1 saturated heterocycles. The summed E-state index contributed by atoms with van der Waals surface area (Å²) in [6.45, 7) is 7.76. The minimum Gasteiger partial charge on any atom is -0.387 e. The van der Waals surface area contributed by atoms with E-state index < -0.39 is 6.10 Å². The first-order valence-electron chi connectivity index (χ1n) is 12.7. The number of aromatic nitrogens is 4. The molecule has 3 aromatic heterocycles. The van der Waals surface area contributed by atoms with Crippen molar-refractivity contribution < 1.29 is 5.11 Å². The molecule has 1 unspecified atom stereocenters. The highest BCUT2D eigenvalue weighted by atomic mass is 16.3. The lowest BCUT2D eigenvalue weighted by Gasteiger charge is -2.29. The number of pyridine rings is 2. The Bertz CT molecular complexity index is 1180. The smallest absolute Gasteiger partial charge is 0.229 e. The van der Waals surface area contributed by atoms with Crippen LogP contribution in [0.15, 0.2) is 24.4 Å². The van der Waals surface area contributed by atoms with E-state index >= 15 is 0 Å². The summed E-state index contributed by atoms with van der Waals surface area (Å²) in [7, 11) is 4.23. The predicted molar refractivity (Wildman–Crippen MR) is 139 cm³/mol. The Morgan fingerprint density at radius 1 is 1.09 bits per heavy atom. The Labute approximate surface area is 207 Å². The van der Waals surface area contributed by atoms with Crippen molar-refractivity contribution in [1.29, 1.82) is 0 Å². The third-order valence-electron chi connectivity index (χ3n) is 6.88. The summed E-state index contributed by atoms with van der Waals surface area (Å²) in [4.78, 5) is 26.1. The van der Waals surface area contributed by atoms with Crippen molar-refractivity contribution in [1.82, 2.24) is 29.7 Å². The molecular formula is C26H36N8O. The molecule has 5 heterocycles. The van der Waals surface area contributed by atoms with E-state index in [2.05, 4.69) is 45.2 Å².